The summed E-state index contributed by atoms with van der Waals surface area (Å²) in [4.78, 5) is 11.7. The zero-order valence-electron chi connectivity index (χ0n) is 17.4. The van der Waals surface area contributed by atoms with Gasteiger partial charge in [0.1, 0.15) is 5.52 Å². The van der Waals surface area contributed by atoms with Crippen LogP contribution in [0.25, 0.3) is 11.0 Å². The minimum atomic E-state index is -0.0883. The van der Waals surface area contributed by atoms with Gasteiger partial charge in [-0.05, 0) is 24.6 Å². The van der Waals surface area contributed by atoms with Crippen LogP contribution in [0, 0.1) is 5.92 Å². The molecule has 8 nitrogen and oxygen atoms in total. The summed E-state index contributed by atoms with van der Waals surface area (Å²) in [5, 5.41) is 9.23. The molecule has 1 aromatic carbocycles. The fourth-order valence-electron chi connectivity index (χ4n) is 4.08. The average Bonchev–Trinajstić information content (AvgIpc) is 3.08. The van der Waals surface area contributed by atoms with Gasteiger partial charge in [0.05, 0.1) is 38.2 Å². The summed E-state index contributed by atoms with van der Waals surface area (Å²) in [6.45, 7) is 5.73. The number of rotatable bonds is 5. The molecule has 2 aromatic heterocycles. The van der Waals surface area contributed by atoms with E-state index in [-0.39, 0.29) is 12.1 Å². The standard InChI is InChI=1S/C21H24Cl2N6O2/c1-12(15-4-3-14(22)7-16(15)23)24-20-19-17(10-28(2)27-19)25-21(26-20)29-8-13(9-29)18-11-30-5-6-31-18/h3-4,7,10,12-13,18H,5-6,8-9,11H2,1-2H3,(H,24,25,26)/t12-,18-/m1/s1. The molecular weight excluding hydrogens is 439 g/mol. The molecule has 3 aromatic rings. The predicted octanol–water partition coefficient (Wildman–Crippen LogP) is 3.69. The van der Waals surface area contributed by atoms with Gasteiger partial charge < -0.3 is 19.7 Å². The van der Waals surface area contributed by atoms with Crippen LogP contribution in [-0.2, 0) is 16.5 Å². The molecular formula is C21H24Cl2N6O2. The van der Waals surface area contributed by atoms with E-state index in [1.54, 1.807) is 10.7 Å². The summed E-state index contributed by atoms with van der Waals surface area (Å²) in [5.74, 6) is 1.79. The van der Waals surface area contributed by atoms with E-state index in [0.29, 0.717) is 47.6 Å². The van der Waals surface area contributed by atoms with Crippen LogP contribution in [0.5, 0.6) is 0 Å². The van der Waals surface area contributed by atoms with Crippen LogP contribution < -0.4 is 10.2 Å². The maximum Gasteiger partial charge on any atom is 0.228 e. The Morgan fingerprint density at radius 2 is 2.03 bits per heavy atom. The van der Waals surface area contributed by atoms with E-state index < -0.39 is 0 Å². The lowest BCUT2D eigenvalue weighted by atomic mass is 9.94. The Morgan fingerprint density at radius 3 is 2.77 bits per heavy atom. The van der Waals surface area contributed by atoms with Crippen LogP contribution >= 0.6 is 23.2 Å². The molecule has 0 aliphatic carbocycles. The van der Waals surface area contributed by atoms with Crippen molar-refractivity contribution in [3.8, 4) is 0 Å². The van der Waals surface area contributed by atoms with Crippen LogP contribution in [-0.4, -0.2) is 58.8 Å². The predicted molar refractivity (Wildman–Crippen MR) is 121 cm³/mol. The second-order valence-corrected chi connectivity index (χ2v) is 8.93. The third kappa shape index (κ3) is 4.17. The second-order valence-electron chi connectivity index (χ2n) is 8.09. The van der Waals surface area contributed by atoms with Crippen LogP contribution in [0.2, 0.25) is 10.0 Å². The molecule has 0 radical (unpaired) electrons. The van der Waals surface area contributed by atoms with Crippen LogP contribution in [0.4, 0.5) is 11.8 Å². The van der Waals surface area contributed by atoms with Gasteiger partial charge in [0, 0.05) is 36.1 Å². The third-order valence-electron chi connectivity index (χ3n) is 5.81. The Balaban J connectivity index is 1.39. The van der Waals surface area contributed by atoms with E-state index in [2.05, 4.69) is 15.3 Å². The van der Waals surface area contributed by atoms with Crippen molar-refractivity contribution in [3.05, 3.63) is 40.0 Å². The first-order valence-electron chi connectivity index (χ1n) is 10.3. The molecule has 1 N–H and O–H groups in total. The Bertz CT molecular complexity index is 1090. The lowest BCUT2D eigenvalue weighted by molar-refractivity contribution is -0.114. The van der Waals surface area contributed by atoms with Gasteiger partial charge in [0.25, 0.3) is 0 Å². The molecule has 0 amide bonds. The Labute approximate surface area is 190 Å². The number of aromatic nitrogens is 4. The number of ether oxygens (including phenoxy) is 2. The molecule has 0 saturated carbocycles. The highest BCUT2D eigenvalue weighted by Crippen LogP contribution is 2.32. The quantitative estimate of drug-likeness (QED) is 0.619. The molecule has 2 saturated heterocycles. The second kappa shape index (κ2) is 8.43. The average molecular weight is 463 g/mol. The summed E-state index contributed by atoms with van der Waals surface area (Å²) in [6.07, 6.45) is 2.05. The molecule has 4 heterocycles. The number of hydrogen-bond acceptors (Lipinski definition) is 7. The molecule has 2 fully saturated rings. The molecule has 0 unspecified atom stereocenters. The Hall–Kier alpha value is -2.13. The molecule has 2 aliphatic heterocycles. The molecule has 2 aliphatic rings. The van der Waals surface area contributed by atoms with Crippen molar-refractivity contribution in [1.29, 1.82) is 0 Å². The van der Waals surface area contributed by atoms with Gasteiger partial charge in [-0.1, -0.05) is 29.3 Å². The van der Waals surface area contributed by atoms with E-state index in [9.17, 15) is 0 Å². The van der Waals surface area contributed by atoms with E-state index in [1.165, 1.54) is 0 Å². The van der Waals surface area contributed by atoms with Crippen molar-refractivity contribution in [2.75, 3.05) is 43.1 Å². The number of aryl methyl sites for hydroxylation is 1. The van der Waals surface area contributed by atoms with Crippen molar-refractivity contribution >= 4 is 46.0 Å². The molecule has 5 rings (SSSR count). The fourth-order valence-corrected chi connectivity index (χ4v) is 4.65. The normalized spacial score (nSPS) is 20.6. The fraction of sp³-hybridized carbons (Fsp3) is 0.476. The number of halogens is 2. The summed E-state index contributed by atoms with van der Waals surface area (Å²) < 4.78 is 13.1. The van der Waals surface area contributed by atoms with Gasteiger partial charge in [-0.15, -0.1) is 0 Å². The van der Waals surface area contributed by atoms with Crippen molar-refractivity contribution < 1.29 is 9.47 Å². The molecule has 164 valence electrons. The molecule has 0 bridgehead atoms. The van der Waals surface area contributed by atoms with Gasteiger partial charge in [-0.3, -0.25) is 4.68 Å². The highest BCUT2D eigenvalue weighted by atomic mass is 35.5. The number of nitrogens with zero attached hydrogens (tertiary/aromatic N) is 5. The van der Waals surface area contributed by atoms with Gasteiger partial charge in [-0.25, -0.2) is 4.98 Å². The minimum Gasteiger partial charge on any atom is -0.376 e. The maximum absolute atomic E-state index is 6.41. The first-order valence-corrected chi connectivity index (χ1v) is 11.1. The van der Waals surface area contributed by atoms with E-state index >= 15 is 0 Å². The van der Waals surface area contributed by atoms with Gasteiger partial charge in [0.15, 0.2) is 11.3 Å². The Morgan fingerprint density at radius 1 is 1.19 bits per heavy atom. The van der Waals surface area contributed by atoms with Gasteiger partial charge in [-0.2, -0.15) is 10.1 Å². The monoisotopic (exact) mass is 462 g/mol. The Kier molecular flexibility index (Phi) is 5.64. The third-order valence-corrected chi connectivity index (χ3v) is 6.37. The zero-order chi connectivity index (χ0) is 21.5. The van der Waals surface area contributed by atoms with E-state index in [4.69, 9.17) is 42.6 Å². The van der Waals surface area contributed by atoms with Crippen LogP contribution in [0.15, 0.2) is 24.4 Å². The summed E-state index contributed by atoms with van der Waals surface area (Å²) in [6, 6.07) is 5.41. The first kappa shape index (κ1) is 20.8. The summed E-state index contributed by atoms with van der Waals surface area (Å²) in [5.41, 5.74) is 2.46. The molecule has 31 heavy (non-hydrogen) atoms. The van der Waals surface area contributed by atoms with Crippen LogP contribution in [0.3, 0.4) is 0 Å². The van der Waals surface area contributed by atoms with Crippen molar-refractivity contribution in [1.82, 2.24) is 19.7 Å². The van der Waals surface area contributed by atoms with E-state index in [1.807, 2.05) is 32.3 Å². The number of fused-ring (bicyclic) bond motifs is 1. The van der Waals surface area contributed by atoms with Crippen molar-refractivity contribution in [2.24, 2.45) is 13.0 Å². The van der Waals surface area contributed by atoms with E-state index in [0.717, 1.165) is 29.7 Å². The van der Waals surface area contributed by atoms with Gasteiger partial charge >= 0.3 is 0 Å². The molecule has 2 atom stereocenters. The maximum atomic E-state index is 6.41. The largest absolute Gasteiger partial charge is 0.376 e. The summed E-state index contributed by atoms with van der Waals surface area (Å²) in [7, 11) is 1.88. The number of nitrogens with one attached hydrogen (secondary N) is 1. The number of benzene rings is 1. The van der Waals surface area contributed by atoms with Crippen molar-refractivity contribution in [3.63, 3.8) is 0 Å². The van der Waals surface area contributed by atoms with Gasteiger partial charge in [0.2, 0.25) is 5.95 Å². The number of anilines is 2. The zero-order valence-corrected chi connectivity index (χ0v) is 18.9. The van der Waals surface area contributed by atoms with Crippen molar-refractivity contribution in [2.45, 2.75) is 19.1 Å². The SMILES string of the molecule is C[C@@H](Nc1nc(N2CC([C@H]3COCCO3)C2)nc2cn(C)nc12)c1ccc(Cl)cc1Cl. The lowest BCUT2D eigenvalue weighted by Crippen LogP contribution is -2.55. The summed E-state index contributed by atoms with van der Waals surface area (Å²) >= 11 is 12.5. The highest BCUT2D eigenvalue weighted by molar-refractivity contribution is 6.35. The number of hydrogen-bond donors (Lipinski definition) is 1. The molecule has 10 heteroatoms. The van der Waals surface area contributed by atoms with Crippen LogP contribution in [0.1, 0.15) is 18.5 Å². The highest BCUT2D eigenvalue weighted by Gasteiger charge is 2.37. The smallest absolute Gasteiger partial charge is 0.228 e. The molecule has 0 spiro atoms. The lowest BCUT2D eigenvalue weighted by Gasteiger charge is -2.44. The minimum absolute atomic E-state index is 0.0883. The topological polar surface area (TPSA) is 77.3 Å². The first-order chi connectivity index (χ1) is 15.0.